The highest BCUT2D eigenvalue weighted by Crippen LogP contribution is 2.40. The number of carbonyl (C=O) groups excluding carboxylic acids is 1. The van der Waals surface area contributed by atoms with Crippen LogP contribution in [0.4, 0.5) is 0 Å². The molecular weight excluding hydrogens is 386 g/mol. The van der Waals surface area contributed by atoms with Crippen LogP contribution in [0.5, 0.6) is 0 Å². The van der Waals surface area contributed by atoms with E-state index < -0.39 is 11.7 Å². The van der Waals surface area contributed by atoms with Gasteiger partial charge < -0.3 is 14.7 Å². The molecule has 1 N–H and O–H groups in total. The van der Waals surface area contributed by atoms with Gasteiger partial charge >= 0.3 is 0 Å². The second-order valence-electron chi connectivity index (χ2n) is 7.76. The van der Waals surface area contributed by atoms with Crippen molar-refractivity contribution >= 4 is 5.91 Å². The van der Waals surface area contributed by atoms with Gasteiger partial charge in [-0.1, -0.05) is 97.1 Å². The first-order chi connectivity index (χ1) is 15.2. The summed E-state index contributed by atoms with van der Waals surface area (Å²) < 4.78 is 6.65. The van der Waals surface area contributed by atoms with Crippen molar-refractivity contribution in [3.63, 3.8) is 0 Å². The SMILES string of the molecule is C=CCN1C(=O)CC1[C@@H](O)COC(c1ccccc1)(c1ccccc1)c1ccccc1. The molecule has 1 aliphatic heterocycles. The minimum atomic E-state index is -0.887. The predicted molar refractivity (Wildman–Crippen MR) is 121 cm³/mol. The third-order valence-electron chi connectivity index (χ3n) is 5.89. The molecule has 158 valence electrons. The molecule has 31 heavy (non-hydrogen) atoms. The highest BCUT2D eigenvalue weighted by Gasteiger charge is 2.43. The number of aliphatic hydroxyl groups excluding tert-OH is 1. The van der Waals surface area contributed by atoms with E-state index in [0.717, 1.165) is 16.7 Å². The number of aliphatic hydroxyl groups is 1. The van der Waals surface area contributed by atoms with Crippen LogP contribution >= 0.6 is 0 Å². The summed E-state index contributed by atoms with van der Waals surface area (Å²) in [6.45, 7) is 4.23. The number of carbonyl (C=O) groups is 1. The van der Waals surface area contributed by atoms with Crippen LogP contribution in [-0.2, 0) is 15.1 Å². The zero-order valence-electron chi connectivity index (χ0n) is 17.4. The Morgan fingerprint density at radius 3 is 1.77 bits per heavy atom. The van der Waals surface area contributed by atoms with E-state index in [0.29, 0.717) is 13.0 Å². The molecule has 0 aromatic heterocycles. The Bertz CT molecular complexity index is 908. The molecule has 1 fully saturated rings. The maximum absolute atomic E-state index is 11.9. The molecule has 1 saturated heterocycles. The van der Waals surface area contributed by atoms with Gasteiger partial charge in [-0.2, -0.15) is 0 Å². The summed E-state index contributed by atoms with van der Waals surface area (Å²) in [7, 11) is 0. The minimum Gasteiger partial charge on any atom is -0.389 e. The summed E-state index contributed by atoms with van der Waals surface area (Å²) in [5, 5.41) is 10.9. The molecule has 4 rings (SSSR count). The smallest absolute Gasteiger partial charge is 0.225 e. The molecule has 3 aromatic carbocycles. The highest BCUT2D eigenvalue weighted by atomic mass is 16.5. The lowest BCUT2D eigenvalue weighted by molar-refractivity contribution is -0.155. The molecule has 0 aliphatic carbocycles. The van der Waals surface area contributed by atoms with Crippen LogP contribution in [0.2, 0.25) is 0 Å². The lowest BCUT2D eigenvalue weighted by atomic mass is 9.80. The third kappa shape index (κ3) is 4.05. The zero-order chi connectivity index (χ0) is 21.7. The number of benzene rings is 3. The van der Waals surface area contributed by atoms with Crippen LogP contribution in [0.1, 0.15) is 23.1 Å². The minimum absolute atomic E-state index is 0.0318. The average Bonchev–Trinajstić information content (AvgIpc) is 2.83. The van der Waals surface area contributed by atoms with E-state index in [1.54, 1.807) is 11.0 Å². The maximum atomic E-state index is 11.9. The fourth-order valence-electron chi connectivity index (χ4n) is 4.29. The van der Waals surface area contributed by atoms with Gasteiger partial charge in [0.25, 0.3) is 0 Å². The number of β-lactam (4-membered cyclic amide) rings is 1. The fraction of sp³-hybridized carbons (Fsp3) is 0.222. The van der Waals surface area contributed by atoms with E-state index in [9.17, 15) is 9.90 Å². The number of ether oxygens (including phenoxy) is 1. The van der Waals surface area contributed by atoms with Crippen LogP contribution in [-0.4, -0.2) is 41.2 Å². The number of rotatable bonds is 9. The normalized spacial score (nSPS) is 17.1. The van der Waals surface area contributed by atoms with E-state index >= 15 is 0 Å². The van der Waals surface area contributed by atoms with Gasteiger partial charge in [-0.3, -0.25) is 4.79 Å². The van der Waals surface area contributed by atoms with Gasteiger partial charge in [-0.05, 0) is 16.7 Å². The molecule has 0 bridgehead atoms. The van der Waals surface area contributed by atoms with Gasteiger partial charge in [-0.15, -0.1) is 6.58 Å². The standard InChI is InChI=1S/C27H27NO3/c1-2-18-28-24(19-26(28)30)25(29)20-31-27(21-12-6-3-7-13-21,22-14-8-4-9-15-22)23-16-10-5-11-17-23/h2-17,24-25,29H,1,18-20H2/t24?,25-/m0/s1. The van der Waals surface area contributed by atoms with Crippen LogP contribution in [0.3, 0.4) is 0 Å². The molecule has 0 spiro atoms. The Labute approximate surface area is 183 Å². The van der Waals surface area contributed by atoms with Crippen molar-refractivity contribution in [3.8, 4) is 0 Å². The molecule has 4 heteroatoms. The van der Waals surface area contributed by atoms with E-state index in [-0.39, 0.29) is 18.6 Å². The molecule has 2 atom stereocenters. The van der Waals surface area contributed by atoms with E-state index in [4.69, 9.17) is 4.74 Å². The quantitative estimate of drug-likeness (QED) is 0.326. The topological polar surface area (TPSA) is 49.8 Å². The number of amides is 1. The van der Waals surface area contributed by atoms with Gasteiger partial charge in [0.2, 0.25) is 5.91 Å². The maximum Gasteiger partial charge on any atom is 0.225 e. The van der Waals surface area contributed by atoms with Gasteiger partial charge in [0.1, 0.15) is 5.60 Å². The molecule has 0 saturated carbocycles. The largest absolute Gasteiger partial charge is 0.389 e. The van der Waals surface area contributed by atoms with Crippen LogP contribution in [0.15, 0.2) is 104 Å². The fourth-order valence-corrected chi connectivity index (χ4v) is 4.29. The average molecular weight is 414 g/mol. The highest BCUT2D eigenvalue weighted by molar-refractivity contribution is 5.83. The second kappa shape index (κ2) is 9.29. The van der Waals surface area contributed by atoms with Gasteiger partial charge in [-0.25, -0.2) is 0 Å². The molecule has 0 radical (unpaired) electrons. The van der Waals surface area contributed by atoms with Crippen molar-refractivity contribution in [2.45, 2.75) is 24.2 Å². The number of hydrogen-bond donors (Lipinski definition) is 1. The first kappa shape index (κ1) is 21.0. The van der Waals surface area contributed by atoms with Crippen molar-refractivity contribution in [2.75, 3.05) is 13.2 Å². The first-order valence-corrected chi connectivity index (χ1v) is 10.6. The molecule has 1 unspecified atom stereocenters. The Hall–Kier alpha value is -3.21. The summed E-state index contributed by atoms with van der Waals surface area (Å²) in [5.41, 5.74) is 2.05. The van der Waals surface area contributed by atoms with E-state index in [1.165, 1.54) is 0 Å². The van der Waals surface area contributed by atoms with Crippen LogP contribution in [0.25, 0.3) is 0 Å². The Kier molecular flexibility index (Phi) is 6.31. The van der Waals surface area contributed by atoms with Gasteiger partial charge in [0, 0.05) is 13.0 Å². The second-order valence-corrected chi connectivity index (χ2v) is 7.76. The number of nitrogens with zero attached hydrogens (tertiary/aromatic N) is 1. The molecule has 4 nitrogen and oxygen atoms in total. The van der Waals surface area contributed by atoms with Crippen LogP contribution < -0.4 is 0 Å². The Morgan fingerprint density at radius 2 is 1.39 bits per heavy atom. The van der Waals surface area contributed by atoms with Crippen molar-refractivity contribution in [2.24, 2.45) is 0 Å². The Balaban J connectivity index is 1.72. The van der Waals surface area contributed by atoms with E-state index in [2.05, 4.69) is 6.58 Å². The summed E-state index contributed by atoms with van der Waals surface area (Å²) in [6.07, 6.45) is 1.21. The monoisotopic (exact) mass is 413 g/mol. The molecule has 1 aliphatic rings. The van der Waals surface area contributed by atoms with Crippen molar-refractivity contribution in [1.29, 1.82) is 0 Å². The zero-order valence-corrected chi connectivity index (χ0v) is 17.4. The van der Waals surface area contributed by atoms with Crippen molar-refractivity contribution in [1.82, 2.24) is 4.90 Å². The summed E-state index contributed by atoms with van der Waals surface area (Å²) >= 11 is 0. The first-order valence-electron chi connectivity index (χ1n) is 10.6. The molecule has 1 amide bonds. The molecule has 3 aromatic rings. The van der Waals surface area contributed by atoms with Gasteiger partial charge in [0.15, 0.2) is 0 Å². The molecular formula is C27H27NO3. The summed E-state index contributed by atoms with van der Waals surface area (Å²) in [4.78, 5) is 13.6. The van der Waals surface area contributed by atoms with E-state index in [1.807, 2.05) is 91.0 Å². The Morgan fingerprint density at radius 1 is 0.935 bits per heavy atom. The summed E-state index contributed by atoms with van der Waals surface area (Å²) in [6, 6.07) is 29.9. The molecule has 1 heterocycles. The van der Waals surface area contributed by atoms with Crippen LogP contribution in [0, 0.1) is 0 Å². The lowest BCUT2D eigenvalue weighted by Gasteiger charge is -2.44. The third-order valence-corrected chi connectivity index (χ3v) is 5.89. The lowest BCUT2D eigenvalue weighted by Crippen LogP contribution is -2.59. The summed E-state index contributed by atoms with van der Waals surface area (Å²) in [5.74, 6) is 0.0318. The van der Waals surface area contributed by atoms with Gasteiger partial charge in [0.05, 0.1) is 18.8 Å². The number of likely N-dealkylation sites (tertiary alicyclic amines) is 1. The number of hydrogen-bond acceptors (Lipinski definition) is 3. The van der Waals surface area contributed by atoms with Crippen molar-refractivity contribution in [3.05, 3.63) is 120 Å². The predicted octanol–water partition coefficient (Wildman–Crippen LogP) is 4.14. The van der Waals surface area contributed by atoms with Crippen molar-refractivity contribution < 1.29 is 14.6 Å².